The molecule has 0 aliphatic carbocycles. The van der Waals surface area contributed by atoms with E-state index in [9.17, 15) is 0 Å². The van der Waals surface area contributed by atoms with Crippen LogP contribution >= 0.6 is 11.3 Å². The third-order valence-corrected chi connectivity index (χ3v) is 4.62. The van der Waals surface area contributed by atoms with E-state index < -0.39 is 0 Å². The number of nitrogens with zero attached hydrogens (tertiary/aromatic N) is 3. The van der Waals surface area contributed by atoms with Crippen molar-refractivity contribution in [1.29, 1.82) is 0 Å². The molecular formula is C19H16N4OS. The minimum absolute atomic E-state index is 0.619. The third-order valence-electron chi connectivity index (χ3n) is 3.75. The minimum Gasteiger partial charge on any atom is -0.494 e. The second-order valence-electron chi connectivity index (χ2n) is 5.36. The molecule has 1 aliphatic heterocycles. The number of aromatic nitrogens is 1. The Balaban J connectivity index is 1.86. The number of hydrogen-bond donors (Lipinski definition) is 1. The quantitative estimate of drug-likeness (QED) is 0.776. The van der Waals surface area contributed by atoms with Crippen molar-refractivity contribution in [3.8, 4) is 5.75 Å². The lowest BCUT2D eigenvalue weighted by Crippen LogP contribution is -2.19. The molecule has 5 nitrogen and oxygen atoms in total. The molecule has 0 unspecified atom stereocenters. The number of thiophene rings is 1. The molecule has 0 fully saturated rings. The second kappa shape index (κ2) is 6.86. The summed E-state index contributed by atoms with van der Waals surface area (Å²) >= 11 is 1.65. The standard InChI is InChI=1S/C19H16N4OS/c1-2-24-14-5-6-16-15(12-14)18(17-4-3-11-25-17)22-23-19(21-16)13-7-9-20-10-8-13/h3-12H,2H2,1H3,(H,21,23). The molecule has 2 aromatic heterocycles. The number of pyridine rings is 1. The number of rotatable bonds is 4. The predicted molar refractivity (Wildman–Crippen MR) is 101 cm³/mol. The summed E-state index contributed by atoms with van der Waals surface area (Å²) in [5.74, 6) is 1.51. The molecule has 0 radical (unpaired) electrons. The molecule has 0 saturated heterocycles. The second-order valence-corrected chi connectivity index (χ2v) is 6.31. The fourth-order valence-electron chi connectivity index (χ4n) is 2.61. The van der Waals surface area contributed by atoms with Gasteiger partial charge in [0.1, 0.15) is 11.5 Å². The normalized spacial score (nSPS) is 13.2. The lowest BCUT2D eigenvalue weighted by atomic mass is 10.1. The molecular weight excluding hydrogens is 332 g/mol. The lowest BCUT2D eigenvalue weighted by Gasteiger charge is -2.09. The van der Waals surface area contributed by atoms with Crippen LogP contribution in [0.1, 0.15) is 22.9 Å². The molecule has 0 saturated carbocycles. The molecule has 1 N–H and O–H groups in total. The largest absolute Gasteiger partial charge is 0.494 e. The number of amidine groups is 1. The van der Waals surface area contributed by atoms with Crippen molar-refractivity contribution < 1.29 is 4.74 Å². The minimum atomic E-state index is 0.619. The van der Waals surface area contributed by atoms with E-state index in [0.717, 1.165) is 33.2 Å². The van der Waals surface area contributed by atoms with Crippen LogP contribution in [0, 0.1) is 0 Å². The molecule has 4 rings (SSSR count). The van der Waals surface area contributed by atoms with Crippen molar-refractivity contribution in [3.05, 3.63) is 76.2 Å². The number of nitrogens with one attached hydrogen (secondary N) is 1. The zero-order chi connectivity index (χ0) is 17.1. The van der Waals surface area contributed by atoms with Crippen molar-refractivity contribution in [1.82, 2.24) is 10.4 Å². The van der Waals surface area contributed by atoms with Gasteiger partial charge in [-0.1, -0.05) is 6.07 Å². The van der Waals surface area contributed by atoms with Crippen molar-refractivity contribution in [2.24, 2.45) is 10.1 Å². The molecule has 3 heterocycles. The van der Waals surface area contributed by atoms with Gasteiger partial charge in [-0.15, -0.1) is 11.3 Å². The van der Waals surface area contributed by atoms with Crippen LogP contribution in [0.3, 0.4) is 0 Å². The van der Waals surface area contributed by atoms with Gasteiger partial charge in [0.25, 0.3) is 0 Å². The van der Waals surface area contributed by atoms with Gasteiger partial charge in [0, 0.05) is 23.5 Å². The van der Waals surface area contributed by atoms with Crippen LogP contribution < -0.4 is 10.2 Å². The number of hydrogen-bond acceptors (Lipinski definition) is 6. The topological polar surface area (TPSA) is 58.9 Å². The zero-order valence-electron chi connectivity index (χ0n) is 13.6. The number of benzene rings is 1. The number of ether oxygens (including phenoxy) is 1. The fourth-order valence-corrected chi connectivity index (χ4v) is 3.34. The highest BCUT2D eigenvalue weighted by molar-refractivity contribution is 7.12. The Morgan fingerprint density at radius 1 is 1.12 bits per heavy atom. The monoisotopic (exact) mass is 348 g/mol. The summed E-state index contributed by atoms with van der Waals surface area (Å²) in [7, 11) is 0. The van der Waals surface area contributed by atoms with E-state index in [4.69, 9.17) is 9.73 Å². The van der Waals surface area contributed by atoms with Crippen LogP contribution in [0.15, 0.2) is 70.3 Å². The number of fused-ring (bicyclic) bond motifs is 1. The Labute approximate surface area is 149 Å². The summed E-state index contributed by atoms with van der Waals surface area (Å²) in [6.45, 7) is 2.59. The summed E-state index contributed by atoms with van der Waals surface area (Å²) in [6.07, 6.45) is 3.49. The molecule has 0 atom stereocenters. The summed E-state index contributed by atoms with van der Waals surface area (Å²) in [6, 6.07) is 13.8. The van der Waals surface area contributed by atoms with Crippen molar-refractivity contribution in [2.45, 2.75) is 6.92 Å². The molecule has 1 aromatic carbocycles. The van der Waals surface area contributed by atoms with Crippen molar-refractivity contribution in [2.75, 3.05) is 6.61 Å². The summed E-state index contributed by atoms with van der Waals surface area (Å²) in [5, 5.41) is 6.68. The number of aliphatic imine (C=N–C) groups is 1. The van der Waals surface area contributed by atoms with Crippen molar-refractivity contribution >= 4 is 28.6 Å². The highest BCUT2D eigenvalue weighted by Gasteiger charge is 2.18. The Morgan fingerprint density at radius 2 is 2.00 bits per heavy atom. The SMILES string of the molecule is CCOc1ccc2c(c1)C(c1cccs1)=NNC(c1ccncc1)=N2. The first-order valence-electron chi connectivity index (χ1n) is 7.99. The van der Waals surface area contributed by atoms with E-state index in [1.165, 1.54) is 0 Å². The Bertz CT molecular complexity index is 933. The van der Waals surface area contributed by atoms with Gasteiger partial charge in [-0.2, -0.15) is 5.10 Å². The van der Waals surface area contributed by atoms with Crippen LogP contribution in [0.25, 0.3) is 0 Å². The summed E-state index contributed by atoms with van der Waals surface area (Å²) in [4.78, 5) is 9.92. The maximum absolute atomic E-state index is 5.66. The third kappa shape index (κ3) is 3.16. The van der Waals surface area contributed by atoms with Crippen LogP contribution in [0.5, 0.6) is 5.75 Å². The summed E-state index contributed by atoms with van der Waals surface area (Å²) < 4.78 is 5.66. The van der Waals surface area contributed by atoms with Crippen LogP contribution in [-0.4, -0.2) is 23.1 Å². The van der Waals surface area contributed by atoms with Crippen LogP contribution in [0.2, 0.25) is 0 Å². The Kier molecular flexibility index (Phi) is 4.26. The predicted octanol–water partition coefficient (Wildman–Crippen LogP) is 3.98. The molecule has 3 aromatic rings. The van der Waals surface area contributed by atoms with Gasteiger partial charge in [0.2, 0.25) is 0 Å². The first-order chi connectivity index (χ1) is 12.3. The molecule has 0 spiro atoms. The maximum Gasteiger partial charge on any atom is 0.154 e. The van der Waals surface area contributed by atoms with E-state index in [-0.39, 0.29) is 0 Å². The van der Waals surface area contributed by atoms with E-state index >= 15 is 0 Å². The van der Waals surface area contributed by atoms with E-state index in [1.54, 1.807) is 23.7 Å². The Hall–Kier alpha value is -2.99. The smallest absolute Gasteiger partial charge is 0.154 e. The van der Waals surface area contributed by atoms with Gasteiger partial charge >= 0.3 is 0 Å². The average Bonchev–Trinajstić information content (AvgIpc) is 3.11. The highest BCUT2D eigenvalue weighted by atomic mass is 32.1. The van der Waals surface area contributed by atoms with E-state index in [2.05, 4.69) is 21.6 Å². The van der Waals surface area contributed by atoms with Gasteiger partial charge in [0.15, 0.2) is 5.84 Å². The first-order valence-corrected chi connectivity index (χ1v) is 8.87. The maximum atomic E-state index is 5.66. The van der Waals surface area contributed by atoms with Gasteiger partial charge in [-0.25, -0.2) is 4.99 Å². The summed E-state index contributed by atoms with van der Waals surface area (Å²) in [5.41, 5.74) is 6.71. The van der Waals surface area contributed by atoms with Gasteiger partial charge < -0.3 is 4.74 Å². The zero-order valence-corrected chi connectivity index (χ0v) is 14.5. The molecule has 0 bridgehead atoms. The lowest BCUT2D eigenvalue weighted by molar-refractivity contribution is 0.340. The van der Waals surface area contributed by atoms with Gasteiger partial charge in [0.05, 0.1) is 17.2 Å². The highest BCUT2D eigenvalue weighted by Crippen LogP contribution is 2.30. The molecule has 1 aliphatic rings. The van der Waals surface area contributed by atoms with Crippen LogP contribution in [-0.2, 0) is 0 Å². The first kappa shape index (κ1) is 15.5. The van der Waals surface area contributed by atoms with Gasteiger partial charge in [-0.3, -0.25) is 10.4 Å². The Morgan fingerprint density at radius 3 is 2.76 bits per heavy atom. The fraction of sp³-hybridized carbons (Fsp3) is 0.105. The van der Waals surface area contributed by atoms with E-state index in [1.807, 2.05) is 48.7 Å². The average molecular weight is 348 g/mol. The molecule has 124 valence electrons. The van der Waals surface area contributed by atoms with Crippen molar-refractivity contribution in [3.63, 3.8) is 0 Å². The van der Waals surface area contributed by atoms with E-state index in [0.29, 0.717) is 12.4 Å². The number of hydrazone groups is 1. The molecule has 25 heavy (non-hydrogen) atoms. The van der Waals surface area contributed by atoms with Crippen LogP contribution in [0.4, 0.5) is 5.69 Å². The molecule has 6 heteroatoms. The molecule has 0 amide bonds. The van der Waals surface area contributed by atoms with Gasteiger partial charge in [-0.05, 0) is 48.7 Å².